The number of nitrogens with zero attached hydrogens (tertiary/aromatic N) is 1. The molecule has 0 heterocycles. The van der Waals surface area contributed by atoms with Crippen molar-refractivity contribution in [2.75, 3.05) is 7.11 Å². The van der Waals surface area contributed by atoms with Gasteiger partial charge in [0.05, 0.1) is 29.0 Å². The van der Waals surface area contributed by atoms with Crippen LogP contribution in [0.4, 0.5) is 5.69 Å². The van der Waals surface area contributed by atoms with Crippen LogP contribution < -0.4 is 0 Å². The molecule has 0 unspecified atom stereocenters. The van der Waals surface area contributed by atoms with E-state index >= 15 is 0 Å². The molecule has 0 fully saturated rings. The van der Waals surface area contributed by atoms with E-state index < -0.39 is 10.9 Å². The number of hydrogen-bond donors (Lipinski definition) is 0. The van der Waals surface area contributed by atoms with Gasteiger partial charge in [-0.2, -0.15) is 0 Å². The molecule has 0 N–H and O–H groups in total. The number of esters is 1. The number of benzene rings is 1. The first-order valence-corrected chi connectivity index (χ1v) is 4.86. The zero-order chi connectivity index (χ0) is 13.0. The summed E-state index contributed by atoms with van der Waals surface area (Å²) in [6.45, 7) is 0. The first-order chi connectivity index (χ1) is 8.01. The van der Waals surface area contributed by atoms with Crippen LogP contribution in [0.3, 0.4) is 0 Å². The van der Waals surface area contributed by atoms with E-state index in [1.807, 2.05) is 0 Å². The van der Waals surface area contributed by atoms with Gasteiger partial charge in [-0.15, -0.1) is 0 Å². The number of methoxy groups -OCH3 is 1. The number of carbonyl (C=O) groups is 2. The molecule has 17 heavy (non-hydrogen) atoms. The van der Waals surface area contributed by atoms with Gasteiger partial charge >= 0.3 is 5.97 Å². The third-order valence-electron chi connectivity index (χ3n) is 2.14. The van der Waals surface area contributed by atoms with Crippen molar-refractivity contribution in [3.05, 3.63) is 38.4 Å². The van der Waals surface area contributed by atoms with Gasteiger partial charge in [0.2, 0.25) is 0 Å². The summed E-state index contributed by atoms with van der Waals surface area (Å²) in [5.41, 5.74) is -0.433. The van der Waals surface area contributed by atoms with Crippen LogP contribution in [0.25, 0.3) is 0 Å². The normalized spacial score (nSPS) is 9.76. The van der Waals surface area contributed by atoms with Crippen LogP contribution >= 0.6 is 11.6 Å². The SMILES string of the molecule is COC(=O)Cc1c([N+](=O)[O-])ccc(Cl)c1C=O. The summed E-state index contributed by atoms with van der Waals surface area (Å²) < 4.78 is 4.41. The van der Waals surface area contributed by atoms with E-state index in [1.165, 1.54) is 6.07 Å². The summed E-state index contributed by atoms with van der Waals surface area (Å²) in [6, 6.07) is 2.39. The van der Waals surface area contributed by atoms with Gasteiger partial charge in [0.1, 0.15) is 0 Å². The van der Waals surface area contributed by atoms with Gasteiger partial charge in [0, 0.05) is 11.6 Å². The average molecular weight is 258 g/mol. The van der Waals surface area contributed by atoms with Gasteiger partial charge < -0.3 is 4.74 Å². The summed E-state index contributed by atoms with van der Waals surface area (Å²) in [5.74, 6) is -0.682. The fraction of sp³-hybridized carbons (Fsp3) is 0.200. The molecule has 7 heteroatoms. The van der Waals surface area contributed by atoms with Crippen LogP contribution in [0.1, 0.15) is 15.9 Å². The molecule has 1 aromatic carbocycles. The maximum absolute atomic E-state index is 11.1. The Bertz CT molecular complexity index is 486. The molecule has 0 spiro atoms. The van der Waals surface area contributed by atoms with Crippen LogP contribution in [-0.2, 0) is 16.0 Å². The van der Waals surface area contributed by atoms with Crippen molar-refractivity contribution >= 4 is 29.5 Å². The Balaban J connectivity index is 3.38. The lowest BCUT2D eigenvalue weighted by molar-refractivity contribution is -0.385. The van der Waals surface area contributed by atoms with E-state index in [0.29, 0.717) is 6.29 Å². The molecule has 0 radical (unpaired) electrons. The van der Waals surface area contributed by atoms with Crippen molar-refractivity contribution in [1.82, 2.24) is 0 Å². The smallest absolute Gasteiger partial charge is 0.310 e. The molecule has 0 bridgehead atoms. The number of nitro groups is 1. The predicted molar refractivity (Wildman–Crippen MR) is 59.2 cm³/mol. The maximum Gasteiger partial charge on any atom is 0.310 e. The van der Waals surface area contributed by atoms with E-state index in [-0.39, 0.29) is 28.3 Å². The van der Waals surface area contributed by atoms with Crippen molar-refractivity contribution in [2.24, 2.45) is 0 Å². The second-order valence-electron chi connectivity index (χ2n) is 3.09. The summed E-state index contributed by atoms with van der Waals surface area (Å²) >= 11 is 5.73. The summed E-state index contributed by atoms with van der Waals surface area (Å²) in [5, 5.41) is 10.8. The molecule has 0 atom stereocenters. The van der Waals surface area contributed by atoms with E-state index in [4.69, 9.17) is 11.6 Å². The zero-order valence-corrected chi connectivity index (χ0v) is 9.56. The van der Waals surface area contributed by atoms with Gasteiger partial charge in [0.25, 0.3) is 5.69 Å². The quantitative estimate of drug-likeness (QED) is 0.355. The number of aldehydes is 1. The molecule has 1 aromatic rings. The molecule has 90 valence electrons. The van der Waals surface area contributed by atoms with Crippen molar-refractivity contribution in [2.45, 2.75) is 6.42 Å². The number of ether oxygens (including phenoxy) is 1. The molecule has 6 nitrogen and oxygen atoms in total. The Morgan fingerprint density at radius 1 is 1.59 bits per heavy atom. The summed E-state index contributed by atoms with van der Waals surface area (Å²) in [4.78, 5) is 32.1. The molecule has 1 rings (SSSR count). The monoisotopic (exact) mass is 257 g/mol. The number of halogens is 1. The van der Waals surface area contributed by atoms with Gasteiger partial charge in [0.15, 0.2) is 6.29 Å². The van der Waals surface area contributed by atoms with E-state index in [2.05, 4.69) is 4.74 Å². The minimum absolute atomic E-state index is 0.0376. The Morgan fingerprint density at radius 3 is 2.71 bits per heavy atom. The molecule has 0 amide bonds. The second-order valence-corrected chi connectivity index (χ2v) is 3.49. The Hall–Kier alpha value is -1.95. The lowest BCUT2D eigenvalue weighted by atomic mass is 10.0. The standard InChI is InChI=1S/C10H8ClNO5/c1-17-10(14)4-6-7(5-13)8(11)2-3-9(6)12(15)16/h2-3,5H,4H2,1H3. The lowest BCUT2D eigenvalue weighted by Crippen LogP contribution is -2.09. The highest BCUT2D eigenvalue weighted by molar-refractivity contribution is 6.33. The van der Waals surface area contributed by atoms with Gasteiger partial charge in [-0.3, -0.25) is 19.7 Å². The first kappa shape index (κ1) is 13.1. The van der Waals surface area contributed by atoms with Gasteiger partial charge in [-0.1, -0.05) is 11.6 Å². The Labute approximate surface area is 101 Å². The summed E-state index contributed by atoms with van der Waals surface area (Å²) in [6.07, 6.45) is 0.00898. The van der Waals surface area contributed by atoms with E-state index in [9.17, 15) is 19.7 Å². The zero-order valence-electron chi connectivity index (χ0n) is 8.81. The van der Waals surface area contributed by atoms with Crippen LogP contribution in [0.5, 0.6) is 0 Å². The van der Waals surface area contributed by atoms with E-state index in [1.54, 1.807) is 0 Å². The third kappa shape index (κ3) is 2.79. The topological polar surface area (TPSA) is 86.5 Å². The largest absolute Gasteiger partial charge is 0.469 e. The Kier molecular flexibility index (Phi) is 4.17. The number of nitro benzene ring substituents is 1. The predicted octanol–water partition coefficient (Wildman–Crippen LogP) is 1.78. The average Bonchev–Trinajstić information content (AvgIpc) is 2.28. The van der Waals surface area contributed by atoms with Crippen LogP contribution in [0.15, 0.2) is 12.1 Å². The molecule has 0 saturated carbocycles. The minimum atomic E-state index is -0.682. The summed E-state index contributed by atoms with van der Waals surface area (Å²) in [7, 11) is 1.15. The first-order valence-electron chi connectivity index (χ1n) is 4.49. The maximum atomic E-state index is 11.1. The molecule has 0 saturated heterocycles. The van der Waals surface area contributed by atoms with Crippen molar-refractivity contribution < 1.29 is 19.2 Å². The number of rotatable bonds is 4. The highest BCUT2D eigenvalue weighted by Crippen LogP contribution is 2.28. The fourth-order valence-corrected chi connectivity index (χ4v) is 1.55. The molecule has 0 aliphatic rings. The number of carbonyl (C=O) groups excluding carboxylic acids is 2. The highest BCUT2D eigenvalue weighted by Gasteiger charge is 2.22. The van der Waals surface area contributed by atoms with E-state index in [0.717, 1.165) is 13.2 Å². The number of hydrogen-bond acceptors (Lipinski definition) is 5. The second kappa shape index (κ2) is 5.40. The van der Waals surface area contributed by atoms with Gasteiger partial charge in [-0.25, -0.2) is 0 Å². The third-order valence-corrected chi connectivity index (χ3v) is 2.47. The lowest BCUT2D eigenvalue weighted by Gasteiger charge is -2.06. The highest BCUT2D eigenvalue weighted by atomic mass is 35.5. The molecule has 0 aliphatic carbocycles. The van der Waals surface area contributed by atoms with Crippen LogP contribution in [-0.4, -0.2) is 24.3 Å². The Morgan fingerprint density at radius 2 is 2.24 bits per heavy atom. The van der Waals surface area contributed by atoms with Crippen LogP contribution in [0.2, 0.25) is 5.02 Å². The fourth-order valence-electron chi connectivity index (χ4n) is 1.33. The van der Waals surface area contributed by atoms with Crippen LogP contribution in [0, 0.1) is 10.1 Å². The minimum Gasteiger partial charge on any atom is -0.469 e. The van der Waals surface area contributed by atoms with Crippen molar-refractivity contribution in [3.63, 3.8) is 0 Å². The molecular formula is C10H8ClNO5. The molecule has 0 aliphatic heterocycles. The molecule has 0 aromatic heterocycles. The van der Waals surface area contributed by atoms with Crippen molar-refractivity contribution in [1.29, 1.82) is 0 Å². The van der Waals surface area contributed by atoms with Crippen molar-refractivity contribution in [3.8, 4) is 0 Å². The van der Waals surface area contributed by atoms with Gasteiger partial charge in [-0.05, 0) is 6.07 Å². The molecular weight excluding hydrogens is 250 g/mol.